The summed E-state index contributed by atoms with van der Waals surface area (Å²) in [6.45, 7) is 2.86. The van der Waals surface area contributed by atoms with E-state index >= 15 is 0 Å². The molecule has 15 heteroatoms. The molecule has 6 rings (SSSR count). The van der Waals surface area contributed by atoms with Crippen LogP contribution < -0.4 is 4.90 Å². The summed E-state index contributed by atoms with van der Waals surface area (Å²) in [7, 11) is 2.98. The molecule has 2 saturated heterocycles. The first-order valence-corrected chi connectivity index (χ1v) is 16.6. The Balaban J connectivity index is 1.32. The summed E-state index contributed by atoms with van der Waals surface area (Å²) in [6.07, 6.45) is -2.40. The lowest BCUT2D eigenvalue weighted by Gasteiger charge is -2.33. The van der Waals surface area contributed by atoms with Gasteiger partial charge in [0.05, 0.1) is 48.5 Å². The van der Waals surface area contributed by atoms with E-state index < -0.39 is 47.3 Å². The second-order valence-corrected chi connectivity index (χ2v) is 13.2. The molecule has 3 heterocycles. The molecule has 50 heavy (non-hydrogen) atoms. The van der Waals surface area contributed by atoms with E-state index in [9.17, 15) is 35.9 Å². The van der Waals surface area contributed by atoms with Crippen LogP contribution in [0.2, 0.25) is 0 Å². The molecule has 1 amide bonds. The van der Waals surface area contributed by atoms with Crippen molar-refractivity contribution < 1.29 is 50.1 Å². The van der Waals surface area contributed by atoms with Crippen molar-refractivity contribution in [3.05, 3.63) is 70.1 Å². The first kappa shape index (κ1) is 35.7. The highest BCUT2D eigenvalue weighted by Gasteiger charge is 2.44. The van der Waals surface area contributed by atoms with Crippen molar-refractivity contribution in [1.82, 2.24) is 14.9 Å². The number of halogens is 6. The van der Waals surface area contributed by atoms with E-state index in [1.54, 1.807) is 13.3 Å². The molecule has 0 radical (unpaired) electrons. The molecule has 1 aromatic carbocycles. The van der Waals surface area contributed by atoms with Gasteiger partial charge in [-0.3, -0.25) is 9.69 Å². The van der Waals surface area contributed by atoms with E-state index in [2.05, 4.69) is 11.1 Å². The van der Waals surface area contributed by atoms with Gasteiger partial charge in [0.2, 0.25) is 5.95 Å². The Morgan fingerprint density at radius 3 is 2.22 bits per heavy atom. The van der Waals surface area contributed by atoms with Gasteiger partial charge in [0.15, 0.2) is 0 Å². The number of alkyl halides is 6. The summed E-state index contributed by atoms with van der Waals surface area (Å²) < 4.78 is 98.2. The first-order chi connectivity index (χ1) is 23.7. The van der Waals surface area contributed by atoms with Crippen LogP contribution >= 0.6 is 0 Å². The zero-order chi connectivity index (χ0) is 36.0. The fourth-order valence-corrected chi connectivity index (χ4v) is 7.19. The van der Waals surface area contributed by atoms with E-state index in [0.29, 0.717) is 48.6 Å². The topological polar surface area (TPSA) is 94.1 Å². The molecular weight excluding hydrogens is 670 g/mol. The number of cyclic esters (lactones) is 1. The summed E-state index contributed by atoms with van der Waals surface area (Å²) in [5.41, 5.74) is -0.460. The summed E-state index contributed by atoms with van der Waals surface area (Å²) in [5.74, 6) is 0.317. The molecule has 0 bridgehead atoms. The summed E-state index contributed by atoms with van der Waals surface area (Å²) >= 11 is 0. The fourth-order valence-electron chi connectivity index (χ4n) is 7.19. The van der Waals surface area contributed by atoms with Gasteiger partial charge in [-0.25, -0.2) is 14.8 Å². The number of anilines is 1. The standard InChI is InChI=1S/C35H38F6N4O5/c1-19-30(23-13-24(34(36,37)38)16-25(14-23)35(39,40)41)50-33(47)45(19)18-28-27(17-42-32(43-28)44-11-4-12-44)26-15-22(9-10-29(26)48-2)20-5-7-21(8-6-20)31(46)49-3/h9,13-17,19-21,29-30H,4-8,10-12,18H2,1-3H3/t19-,20?,21?,29?,30-/m0/s1. The molecule has 9 nitrogen and oxygen atoms in total. The van der Waals surface area contributed by atoms with Gasteiger partial charge in [0.1, 0.15) is 6.10 Å². The predicted molar refractivity (Wildman–Crippen MR) is 168 cm³/mol. The molecule has 3 fully saturated rings. The van der Waals surface area contributed by atoms with Gasteiger partial charge in [-0.1, -0.05) is 12.2 Å². The van der Waals surface area contributed by atoms with Crippen LogP contribution in [0.5, 0.6) is 0 Å². The predicted octanol–water partition coefficient (Wildman–Crippen LogP) is 7.51. The number of aromatic nitrogens is 2. The van der Waals surface area contributed by atoms with Crippen molar-refractivity contribution in [3.8, 4) is 0 Å². The highest BCUT2D eigenvalue weighted by Crippen LogP contribution is 2.43. The van der Waals surface area contributed by atoms with Crippen LogP contribution in [0.1, 0.15) is 79.5 Å². The number of rotatable bonds is 8. The lowest BCUT2D eigenvalue weighted by Crippen LogP contribution is -2.39. The molecule has 1 unspecified atom stereocenters. The number of carbonyl (C=O) groups excluding carboxylic acids is 2. The maximum atomic E-state index is 13.6. The van der Waals surface area contributed by atoms with Gasteiger partial charge in [-0.05, 0) is 86.3 Å². The van der Waals surface area contributed by atoms with Crippen LogP contribution in [0.25, 0.3) is 5.57 Å². The van der Waals surface area contributed by atoms with Crippen molar-refractivity contribution in [3.63, 3.8) is 0 Å². The van der Waals surface area contributed by atoms with Gasteiger partial charge in [0.25, 0.3) is 0 Å². The van der Waals surface area contributed by atoms with Crippen LogP contribution in [0.4, 0.5) is 37.1 Å². The van der Waals surface area contributed by atoms with Crippen LogP contribution in [0.3, 0.4) is 0 Å². The number of allylic oxidation sites excluding steroid dienone is 2. The smallest absolute Gasteiger partial charge is 0.416 e. The zero-order valence-electron chi connectivity index (χ0n) is 27.8. The Kier molecular flexibility index (Phi) is 9.90. The van der Waals surface area contributed by atoms with Gasteiger partial charge >= 0.3 is 24.4 Å². The number of carbonyl (C=O) groups is 2. The minimum Gasteiger partial charge on any atom is -0.469 e. The number of amides is 1. The first-order valence-electron chi connectivity index (χ1n) is 16.6. The van der Waals surface area contributed by atoms with Crippen molar-refractivity contribution in [2.45, 2.75) is 82.6 Å². The summed E-state index contributed by atoms with van der Waals surface area (Å²) in [6, 6.07) is 0.285. The monoisotopic (exact) mass is 708 g/mol. The second-order valence-electron chi connectivity index (χ2n) is 13.2. The Morgan fingerprint density at radius 1 is 1.00 bits per heavy atom. The van der Waals surface area contributed by atoms with Gasteiger partial charge in [-0.15, -0.1) is 0 Å². The lowest BCUT2D eigenvalue weighted by atomic mass is 9.76. The average molecular weight is 709 g/mol. The van der Waals surface area contributed by atoms with E-state index in [4.69, 9.17) is 19.2 Å². The van der Waals surface area contributed by atoms with E-state index in [0.717, 1.165) is 43.5 Å². The van der Waals surface area contributed by atoms with Crippen molar-refractivity contribution in [1.29, 1.82) is 0 Å². The number of hydrogen-bond acceptors (Lipinski definition) is 8. The minimum atomic E-state index is -5.05. The quantitative estimate of drug-likeness (QED) is 0.206. The number of ether oxygens (including phenoxy) is 3. The maximum Gasteiger partial charge on any atom is 0.416 e. The largest absolute Gasteiger partial charge is 0.469 e. The SMILES string of the molecule is COC(=O)C1CCC(C2=CCC(OC)C(c3cnc(N4CCC4)nc3CN3C(=O)O[C@H](c4cc(C(F)(F)F)cc(C(F)(F)F)c4)[C@@H]3C)=C2)CC1. The molecule has 2 aromatic rings. The molecule has 270 valence electrons. The third-order valence-corrected chi connectivity index (χ3v) is 10.2. The highest BCUT2D eigenvalue weighted by molar-refractivity contribution is 5.76. The Bertz CT molecular complexity index is 1650. The highest BCUT2D eigenvalue weighted by atomic mass is 19.4. The number of hydrogen-bond donors (Lipinski definition) is 0. The van der Waals surface area contributed by atoms with E-state index in [-0.39, 0.29) is 36.5 Å². The third kappa shape index (κ3) is 7.19. The molecule has 4 aliphatic rings. The van der Waals surface area contributed by atoms with Gasteiger partial charge in [-0.2, -0.15) is 26.3 Å². The third-order valence-electron chi connectivity index (χ3n) is 10.2. The molecule has 2 aliphatic carbocycles. The number of benzene rings is 1. The molecule has 2 aliphatic heterocycles. The molecule has 1 saturated carbocycles. The van der Waals surface area contributed by atoms with Crippen LogP contribution in [0.15, 0.2) is 42.1 Å². The van der Waals surface area contributed by atoms with Crippen LogP contribution in [0, 0.1) is 11.8 Å². The van der Waals surface area contributed by atoms with E-state index in [1.807, 2.05) is 11.0 Å². The lowest BCUT2D eigenvalue weighted by molar-refractivity contribution is -0.147. The molecule has 0 spiro atoms. The number of nitrogens with zero attached hydrogens (tertiary/aromatic N) is 4. The molecule has 1 aromatic heterocycles. The van der Waals surface area contributed by atoms with Crippen molar-refractivity contribution >= 4 is 23.6 Å². The van der Waals surface area contributed by atoms with Crippen LogP contribution in [-0.4, -0.2) is 66.4 Å². The second kappa shape index (κ2) is 13.9. The van der Waals surface area contributed by atoms with Crippen LogP contribution in [-0.2, 0) is 37.9 Å². The average Bonchev–Trinajstić information content (AvgIpc) is 3.34. The van der Waals surface area contributed by atoms with Crippen molar-refractivity contribution in [2.24, 2.45) is 11.8 Å². The Labute approximate surface area is 285 Å². The fraction of sp³-hybridized carbons (Fsp3) is 0.543. The molecular formula is C35H38F6N4O5. The minimum absolute atomic E-state index is 0.0464. The normalized spacial score (nSPS) is 25.9. The Morgan fingerprint density at radius 2 is 1.66 bits per heavy atom. The molecule has 3 atom stereocenters. The van der Waals surface area contributed by atoms with Gasteiger partial charge < -0.3 is 19.1 Å². The Hall–Kier alpha value is -4.14. The maximum absolute atomic E-state index is 13.6. The van der Waals surface area contributed by atoms with Crippen molar-refractivity contribution in [2.75, 3.05) is 32.2 Å². The number of esters is 1. The van der Waals surface area contributed by atoms with Gasteiger partial charge in [0, 0.05) is 32.0 Å². The van der Waals surface area contributed by atoms with E-state index in [1.165, 1.54) is 18.9 Å². The summed E-state index contributed by atoms with van der Waals surface area (Å²) in [4.78, 5) is 38.1. The molecule has 0 N–H and O–H groups in total. The zero-order valence-corrected chi connectivity index (χ0v) is 27.8. The number of methoxy groups -OCH3 is 2. The summed E-state index contributed by atoms with van der Waals surface area (Å²) in [5, 5.41) is 0.